The molecule has 0 radical (unpaired) electrons. The highest BCUT2D eigenvalue weighted by Crippen LogP contribution is 2.29. The summed E-state index contributed by atoms with van der Waals surface area (Å²) >= 11 is 1.63. The summed E-state index contributed by atoms with van der Waals surface area (Å²) in [5, 5.41) is 5.35. The summed E-state index contributed by atoms with van der Waals surface area (Å²) in [5.74, 6) is 1.23. The highest BCUT2D eigenvalue weighted by Gasteiger charge is 2.22. The number of pyridine rings is 1. The molecule has 5 rings (SSSR count). The number of aromatic nitrogens is 4. The van der Waals surface area contributed by atoms with E-state index >= 15 is 0 Å². The van der Waals surface area contributed by atoms with Gasteiger partial charge in [0.05, 0.1) is 17.4 Å². The van der Waals surface area contributed by atoms with Crippen molar-refractivity contribution in [3.05, 3.63) is 71.3 Å². The molecule has 1 aromatic carbocycles. The third kappa shape index (κ3) is 4.32. The zero-order valence-corrected chi connectivity index (χ0v) is 17.8. The number of benzene rings is 1. The highest BCUT2D eigenvalue weighted by molar-refractivity contribution is 7.15. The van der Waals surface area contributed by atoms with Crippen LogP contribution < -0.4 is 5.32 Å². The van der Waals surface area contributed by atoms with E-state index in [4.69, 9.17) is 4.98 Å². The third-order valence-corrected chi connectivity index (χ3v) is 6.42. The predicted molar refractivity (Wildman–Crippen MR) is 121 cm³/mol. The number of nitrogens with one attached hydrogen (secondary N) is 1. The van der Waals surface area contributed by atoms with Crippen LogP contribution in [0.5, 0.6) is 0 Å². The Morgan fingerprint density at radius 1 is 1.10 bits per heavy atom. The maximum atomic E-state index is 4.81. The van der Waals surface area contributed by atoms with Gasteiger partial charge < -0.3 is 5.32 Å². The standard InChI is InChI=1S/C23H24N6S/c1-16-12-26-23(30-16)28-22-14-24-13-21(27-22)18-6-9-29(10-7-18)15-17-4-5-20-19(11-17)3-2-8-25-20/h2-5,8,11-14,18H,6-7,9-10,15H2,1H3,(H,26,27,28). The number of rotatable bonds is 5. The molecule has 0 bridgehead atoms. The van der Waals surface area contributed by atoms with Crippen molar-refractivity contribution in [2.75, 3.05) is 18.4 Å². The molecule has 1 N–H and O–H groups in total. The Bertz CT molecular complexity index is 1150. The van der Waals surface area contributed by atoms with Gasteiger partial charge in [0.1, 0.15) is 0 Å². The first kappa shape index (κ1) is 19.1. The average Bonchev–Trinajstić information content (AvgIpc) is 3.19. The minimum Gasteiger partial charge on any atom is -0.315 e. The molecule has 4 heterocycles. The van der Waals surface area contributed by atoms with E-state index in [2.05, 4.69) is 49.4 Å². The molecule has 0 atom stereocenters. The van der Waals surface area contributed by atoms with Crippen LogP contribution in [-0.4, -0.2) is 37.9 Å². The second-order valence-corrected chi connectivity index (χ2v) is 9.05. The van der Waals surface area contributed by atoms with E-state index in [0.717, 1.165) is 54.6 Å². The van der Waals surface area contributed by atoms with Crippen LogP contribution in [0.25, 0.3) is 10.9 Å². The van der Waals surface area contributed by atoms with Crippen molar-refractivity contribution in [3.63, 3.8) is 0 Å². The highest BCUT2D eigenvalue weighted by atomic mass is 32.1. The van der Waals surface area contributed by atoms with Crippen LogP contribution in [0.4, 0.5) is 10.9 Å². The van der Waals surface area contributed by atoms with Gasteiger partial charge in [-0.15, -0.1) is 11.3 Å². The summed E-state index contributed by atoms with van der Waals surface area (Å²) in [6, 6.07) is 10.7. The minimum atomic E-state index is 0.453. The van der Waals surface area contributed by atoms with Gasteiger partial charge in [0.25, 0.3) is 0 Å². The topological polar surface area (TPSA) is 66.8 Å². The van der Waals surface area contributed by atoms with Gasteiger partial charge >= 0.3 is 0 Å². The van der Waals surface area contributed by atoms with E-state index < -0.39 is 0 Å². The zero-order chi connectivity index (χ0) is 20.3. The Hall–Kier alpha value is -2.90. The second-order valence-electron chi connectivity index (χ2n) is 7.81. The molecule has 6 nitrogen and oxygen atoms in total. The maximum absolute atomic E-state index is 4.81. The fraction of sp³-hybridized carbons (Fsp3) is 0.304. The first-order chi connectivity index (χ1) is 14.7. The summed E-state index contributed by atoms with van der Waals surface area (Å²) < 4.78 is 0. The van der Waals surface area contributed by atoms with Crippen molar-refractivity contribution in [2.24, 2.45) is 0 Å². The SMILES string of the molecule is Cc1cnc(Nc2cncc(C3CCN(Cc4ccc5ncccc5c4)CC3)n2)s1. The number of piperidine rings is 1. The van der Waals surface area contributed by atoms with Gasteiger partial charge in [0.2, 0.25) is 0 Å². The van der Waals surface area contributed by atoms with E-state index in [1.807, 2.05) is 31.6 Å². The summed E-state index contributed by atoms with van der Waals surface area (Å²) in [6.45, 7) is 5.17. The lowest BCUT2D eigenvalue weighted by molar-refractivity contribution is 0.203. The molecule has 0 spiro atoms. The smallest absolute Gasteiger partial charge is 0.188 e. The van der Waals surface area contributed by atoms with E-state index in [-0.39, 0.29) is 0 Å². The Morgan fingerprint density at radius 2 is 2.00 bits per heavy atom. The number of hydrogen-bond acceptors (Lipinski definition) is 7. The van der Waals surface area contributed by atoms with Gasteiger partial charge in [0.15, 0.2) is 10.9 Å². The first-order valence-electron chi connectivity index (χ1n) is 10.3. The monoisotopic (exact) mass is 416 g/mol. The maximum Gasteiger partial charge on any atom is 0.188 e. The molecule has 0 amide bonds. The molecule has 4 aromatic rings. The number of thiazole rings is 1. The molecule has 1 fully saturated rings. The number of nitrogens with zero attached hydrogens (tertiary/aromatic N) is 5. The van der Waals surface area contributed by atoms with E-state index in [1.165, 1.54) is 15.8 Å². The summed E-state index contributed by atoms with van der Waals surface area (Å²) in [5.41, 5.74) is 3.48. The van der Waals surface area contributed by atoms with Gasteiger partial charge in [-0.05, 0) is 56.6 Å². The van der Waals surface area contributed by atoms with Gasteiger partial charge in [-0.1, -0.05) is 12.1 Å². The Labute approximate surface area is 180 Å². The molecule has 1 aliphatic rings. The lowest BCUT2D eigenvalue weighted by Gasteiger charge is -2.31. The molecule has 1 aliphatic heterocycles. The summed E-state index contributed by atoms with van der Waals surface area (Å²) in [4.78, 5) is 21.7. The van der Waals surface area contributed by atoms with Gasteiger partial charge in [-0.2, -0.15) is 0 Å². The van der Waals surface area contributed by atoms with Gasteiger partial charge in [0, 0.05) is 41.3 Å². The Kier molecular flexibility index (Phi) is 5.38. The molecule has 152 valence electrons. The number of hydrogen-bond donors (Lipinski definition) is 1. The van der Waals surface area contributed by atoms with Crippen LogP contribution in [0.2, 0.25) is 0 Å². The third-order valence-electron chi connectivity index (χ3n) is 5.59. The second kappa shape index (κ2) is 8.45. The lowest BCUT2D eigenvalue weighted by atomic mass is 9.93. The van der Waals surface area contributed by atoms with E-state index in [1.54, 1.807) is 17.5 Å². The molecular weight excluding hydrogens is 392 g/mol. The van der Waals surface area contributed by atoms with Crippen molar-refractivity contribution >= 4 is 33.2 Å². The largest absolute Gasteiger partial charge is 0.315 e. The minimum absolute atomic E-state index is 0.453. The van der Waals surface area contributed by atoms with E-state index in [9.17, 15) is 0 Å². The Balaban J connectivity index is 1.20. The molecule has 0 aliphatic carbocycles. The van der Waals surface area contributed by atoms with Crippen LogP contribution in [-0.2, 0) is 6.54 Å². The van der Waals surface area contributed by atoms with Crippen molar-refractivity contribution in [2.45, 2.75) is 32.2 Å². The predicted octanol–water partition coefficient (Wildman–Crippen LogP) is 4.91. The van der Waals surface area contributed by atoms with Crippen LogP contribution >= 0.6 is 11.3 Å². The number of aryl methyl sites for hydroxylation is 1. The van der Waals surface area contributed by atoms with Crippen LogP contribution in [0.1, 0.15) is 34.9 Å². The quantitative estimate of drug-likeness (QED) is 0.498. The molecular formula is C23H24N6S. The zero-order valence-electron chi connectivity index (χ0n) is 17.0. The fourth-order valence-electron chi connectivity index (χ4n) is 4.03. The summed E-state index contributed by atoms with van der Waals surface area (Å²) in [7, 11) is 0. The molecule has 30 heavy (non-hydrogen) atoms. The molecule has 0 saturated carbocycles. The molecule has 1 saturated heterocycles. The van der Waals surface area contributed by atoms with Gasteiger partial charge in [-0.3, -0.25) is 14.9 Å². The van der Waals surface area contributed by atoms with Crippen molar-refractivity contribution in [1.29, 1.82) is 0 Å². The van der Waals surface area contributed by atoms with Crippen LogP contribution in [0.15, 0.2) is 55.1 Å². The molecule has 3 aromatic heterocycles. The lowest BCUT2D eigenvalue weighted by Crippen LogP contribution is -2.32. The van der Waals surface area contributed by atoms with Crippen LogP contribution in [0.3, 0.4) is 0 Å². The normalized spacial score (nSPS) is 15.5. The Morgan fingerprint density at radius 3 is 2.83 bits per heavy atom. The summed E-state index contributed by atoms with van der Waals surface area (Å²) in [6.07, 6.45) is 9.59. The van der Waals surface area contributed by atoms with Crippen LogP contribution in [0, 0.1) is 6.92 Å². The van der Waals surface area contributed by atoms with Crippen molar-refractivity contribution < 1.29 is 0 Å². The average molecular weight is 417 g/mol. The van der Waals surface area contributed by atoms with Crippen molar-refractivity contribution in [1.82, 2.24) is 24.8 Å². The first-order valence-corrected chi connectivity index (χ1v) is 11.1. The molecule has 7 heteroatoms. The fourth-order valence-corrected chi connectivity index (χ4v) is 4.70. The number of fused-ring (bicyclic) bond motifs is 1. The van der Waals surface area contributed by atoms with Gasteiger partial charge in [-0.25, -0.2) is 9.97 Å². The number of likely N-dealkylation sites (tertiary alicyclic amines) is 1. The van der Waals surface area contributed by atoms with Crippen molar-refractivity contribution in [3.8, 4) is 0 Å². The molecule has 0 unspecified atom stereocenters. The van der Waals surface area contributed by atoms with E-state index in [0.29, 0.717) is 5.92 Å². The number of anilines is 2.